The number of carbonyl (C=O) groups is 1. The van der Waals surface area contributed by atoms with E-state index in [-0.39, 0.29) is 5.91 Å². The van der Waals surface area contributed by atoms with Crippen LogP contribution in [0.3, 0.4) is 0 Å². The van der Waals surface area contributed by atoms with E-state index in [9.17, 15) is 4.79 Å². The van der Waals surface area contributed by atoms with Gasteiger partial charge in [-0.1, -0.05) is 54.6 Å². The number of nitrogens with zero attached hydrogens (tertiary/aromatic N) is 1. The zero-order valence-corrected chi connectivity index (χ0v) is 18.0. The molecule has 0 aliphatic rings. The van der Waals surface area contributed by atoms with Gasteiger partial charge in [-0.2, -0.15) is 0 Å². The molecule has 4 aromatic rings. The standard InChI is InChI=1S/C24H22N2O2S2/c27-23(16-29-17-24-26-20-11-5-7-13-22(20)30-24)25-19-10-4-6-12-21(19)28-15-14-18-8-2-1-3-9-18/h1-13H,14-17H2,(H,25,27). The van der Waals surface area contributed by atoms with Gasteiger partial charge in [0.2, 0.25) is 5.91 Å². The van der Waals surface area contributed by atoms with Gasteiger partial charge in [-0.05, 0) is 29.8 Å². The molecule has 4 rings (SSSR count). The lowest BCUT2D eigenvalue weighted by Gasteiger charge is -2.12. The predicted octanol–water partition coefficient (Wildman–Crippen LogP) is 5.79. The topological polar surface area (TPSA) is 51.2 Å². The first kappa shape index (κ1) is 20.4. The molecule has 0 spiro atoms. The van der Waals surface area contributed by atoms with Crippen LogP contribution in [0.1, 0.15) is 10.6 Å². The number of fused-ring (bicyclic) bond motifs is 1. The van der Waals surface area contributed by atoms with E-state index < -0.39 is 0 Å². The van der Waals surface area contributed by atoms with Crippen molar-refractivity contribution in [3.05, 3.63) is 89.4 Å². The number of benzene rings is 3. The molecule has 0 saturated heterocycles. The van der Waals surface area contributed by atoms with Crippen molar-refractivity contribution in [2.75, 3.05) is 17.7 Å². The normalized spacial score (nSPS) is 10.8. The van der Waals surface area contributed by atoms with Crippen molar-refractivity contribution in [3.8, 4) is 5.75 Å². The third-order valence-corrected chi connectivity index (χ3v) is 6.61. The zero-order chi connectivity index (χ0) is 20.6. The average Bonchev–Trinajstić information content (AvgIpc) is 3.18. The fourth-order valence-electron chi connectivity index (χ4n) is 3.02. The Hall–Kier alpha value is -2.83. The summed E-state index contributed by atoms with van der Waals surface area (Å²) in [5.41, 5.74) is 2.95. The number of thioether (sulfide) groups is 1. The fourth-order valence-corrected chi connectivity index (χ4v) is 4.87. The zero-order valence-electron chi connectivity index (χ0n) is 16.4. The molecule has 4 nitrogen and oxygen atoms in total. The van der Waals surface area contributed by atoms with Crippen LogP contribution < -0.4 is 10.1 Å². The fraction of sp³-hybridized carbons (Fsp3) is 0.167. The summed E-state index contributed by atoms with van der Waals surface area (Å²) in [6, 6.07) is 25.9. The molecule has 1 aromatic heterocycles. The molecule has 0 saturated carbocycles. The summed E-state index contributed by atoms with van der Waals surface area (Å²) in [6.07, 6.45) is 0.821. The first-order valence-electron chi connectivity index (χ1n) is 9.76. The van der Waals surface area contributed by atoms with Gasteiger partial charge in [0.1, 0.15) is 10.8 Å². The van der Waals surface area contributed by atoms with Crippen LogP contribution in [0.4, 0.5) is 5.69 Å². The highest BCUT2D eigenvalue weighted by atomic mass is 32.2. The first-order chi connectivity index (χ1) is 14.8. The number of hydrogen-bond acceptors (Lipinski definition) is 5. The summed E-state index contributed by atoms with van der Waals surface area (Å²) < 4.78 is 7.10. The van der Waals surface area contributed by atoms with E-state index in [1.807, 2.05) is 60.7 Å². The van der Waals surface area contributed by atoms with Crippen molar-refractivity contribution in [3.63, 3.8) is 0 Å². The number of hydrogen-bond donors (Lipinski definition) is 1. The Morgan fingerprint density at radius 2 is 1.73 bits per heavy atom. The van der Waals surface area contributed by atoms with Gasteiger partial charge in [0.15, 0.2) is 0 Å². The van der Waals surface area contributed by atoms with Crippen LogP contribution in [-0.2, 0) is 17.0 Å². The van der Waals surface area contributed by atoms with Crippen molar-refractivity contribution in [2.45, 2.75) is 12.2 Å². The number of aromatic nitrogens is 1. The number of anilines is 1. The van der Waals surface area contributed by atoms with Gasteiger partial charge in [0.25, 0.3) is 0 Å². The van der Waals surface area contributed by atoms with E-state index in [0.717, 1.165) is 22.7 Å². The van der Waals surface area contributed by atoms with Gasteiger partial charge >= 0.3 is 0 Å². The van der Waals surface area contributed by atoms with Gasteiger partial charge in [0, 0.05) is 12.2 Å². The van der Waals surface area contributed by atoms with Crippen molar-refractivity contribution < 1.29 is 9.53 Å². The maximum absolute atomic E-state index is 12.4. The number of rotatable bonds is 9. The second-order valence-corrected chi connectivity index (χ2v) is 8.80. The molecule has 0 bridgehead atoms. The molecule has 6 heteroatoms. The SMILES string of the molecule is O=C(CSCc1nc2ccccc2s1)Nc1ccccc1OCCc1ccccc1. The van der Waals surface area contributed by atoms with Crippen LogP contribution in [0, 0.1) is 0 Å². The summed E-state index contributed by atoms with van der Waals surface area (Å²) in [7, 11) is 0. The van der Waals surface area contributed by atoms with E-state index in [2.05, 4.69) is 28.5 Å². The summed E-state index contributed by atoms with van der Waals surface area (Å²) in [5, 5.41) is 4.01. The molecular weight excluding hydrogens is 412 g/mol. The largest absolute Gasteiger partial charge is 0.491 e. The van der Waals surface area contributed by atoms with Gasteiger partial charge in [-0.15, -0.1) is 23.1 Å². The minimum Gasteiger partial charge on any atom is -0.491 e. The van der Waals surface area contributed by atoms with E-state index in [1.165, 1.54) is 10.3 Å². The Morgan fingerprint density at radius 1 is 0.967 bits per heavy atom. The number of carbonyl (C=O) groups excluding carboxylic acids is 1. The number of para-hydroxylation sites is 3. The van der Waals surface area contributed by atoms with Crippen LogP contribution in [0.5, 0.6) is 5.75 Å². The molecular formula is C24H22N2O2S2. The van der Waals surface area contributed by atoms with Crippen LogP contribution >= 0.6 is 23.1 Å². The quantitative estimate of drug-likeness (QED) is 0.362. The summed E-state index contributed by atoms with van der Waals surface area (Å²) >= 11 is 3.24. The maximum Gasteiger partial charge on any atom is 0.234 e. The van der Waals surface area contributed by atoms with E-state index in [1.54, 1.807) is 23.1 Å². The molecule has 1 N–H and O–H groups in total. The Bertz CT molecular complexity index is 1080. The molecule has 3 aromatic carbocycles. The average molecular weight is 435 g/mol. The minimum atomic E-state index is -0.0415. The highest BCUT2D eigenvalue weighted by Crippen LogP contribution is 2.26. The third kappa shape index (κ3) is 5.62. The Balaban J connectivity index is 1.26. The Morgan fingerprint density at radius 3 is 2.60 bits per heavy atom. The van der Waals surface area contributed by atoms with Crippen molar-refractivity contribution >= 4 is 44.9 Å². The van der Waals surface area contributed by atoms with Gasteiger partial charge in [-0.3, -0.25) is 4.79 Å². The number of ether oxygens (including phenoxy) is 1. The van der Waals surface area contributed by atoms with Crippen LogP contribution in [-0.4, -0.2) is 23.3 Å². The summed E-state index contributed by atoms with van der Waals surface area (Å²) in [6.45, 7) is 0.559. The predicted molar refractivity (Wildman–Crippen MR) is 126 cm³/mol. The second kappa shape index (κ2) is 10.3. The summed E-state index contributed by atoms with van der Waals surface area (Å²) in [4.78, 5) is 17.0. The molecule has 0 fully saturated rings. The number of amides is 1. The maximum atomic E-state index is 12.4. The van der Waals surface area contributed by atoms with Gasteiger partial charge < -0.3 is 10.1 Å². The number of nitrogens with one attached hydrogen (secondary N) is 1. The van der Waals surface area contributed by atoms with Crippen molar-refractivity contribution in [2.24, 2.45) is 0 Å². The van der Waals surface area contributed by atoms with Crippen LogP contribution in [0.25, 0.3) is 10.2 Å². The number of thiazole rings is 1. The Labute approximate surface area is 184 Å². The molecule has 1 heterocycles. The summed E-state index contributed by atoms with van der Waals surface area (Å²) in [5.74, 6) is 1.74. The Kier molecular flexibility index (Phi) is 7.00. The molecule has 0 aliphatic carbocycles. The van der Waals surface area contributed by atoms with E-state index in [4.69, 9.17) is 4.74 Å². The monoisotopic (exact) mass is 434 g/mol. The van der Waals surface area contributed by atoms with Crippen LogP contribution in [0.15, 0.2) is 78.9 Å². The molecule has 30 heavy (non-hydrogen) atoms. The highest BCUT2D eigenvalue weighted by Gasteiger charge is 2.09. The third-order valence-electron chi connectivity index (χ3n) is 4.45. The van der Waals surface area contributed by atoms with E-state index >= 15 is 0 Å². The van der Waals surface area contributed by atoms with Crippen molar-refractivity contribution in [1.29, 1.82) is 0 Å². The second-order valence-electron chi connectivity index (χ2n) is 6.70. The van der Waals surface area contributed by atoms with E-state index in [0.29, 0.717) is 23.8 Å². The lowest BCUT2D eigenvalue weighted by molar-refractivity contribution is -0.113. The molecule has 0 unspecified atom stereocenters. The lowest BCUT2D eigenvalue weighted by Crippen LogP contribution is -2.15. The lowest BCUT2D eigenvalue weighted by atomic mass is 10.2. The van der Waals surface area contributed by atoms with Gasteiger partial charge in [0.05, 0.1) is 28.3 Å². The first-order valence-corrected chi connectivity index (χ1v) is 11.7. The van der Waals surface area contributed by atoms with Crippen LogP contribution in [0.2, 0.25) is 0 Å². The smallest absolute Gasteiger partial charge is 0.234 e. The molecule has 0 radical (unpaired) electrons. The van der Waals surface area contributed by atoms with Crippen molar-refractivity contribution in [1.82, 2.24) is 4.98 Å². The molecule has 1 amide bonds. The van der Waals surface area contributed by atoms with Gasteiger partial charge in [-0.25, -0.2) is 4.98 Å². The highest BCUT2D eigenvalue weighted by molar-refractivity contribution is 7.99. The molecule has 152 valence electrons. The molecule has 0 aliphatic heterocycles. The molecule has 0 atom stereocenters. The minimum absolute atomic E-state index is 0.0415.